The number of sulfonamides is 1. The number of amides is 1. The minimum absolute atomic E-state index is 0.0170. The molecule has 31 heavy (non-hydrogen) atoms. The molecule has 0 saturated carbocycles. The molecule has 1 amide bonds. The van der Waals surface area contributed by atoms with E-state index in [0.717, 1.165) is 29.8 Å². The zero-order valence-corrected chi connectivity index (χ0v) is 18.4. The van der Waals surface area contributed by atoms with Crippen molar-refractivity contribution in [2.75, 3.05) is 15.4 Å². The second-order valence-corrected chi connectivity index (χ2v) is 9.88. The van der Waals surface area contributed by atoms with Crippen molar-refractivity contribution < 1.29 is 17.6 Å². The number of hydrogen-bond donors (Lipinski definition) is 1. The van der Waals surface area contributed by atoms with Gasteiger partial charge in [0.15, 0.2) is 0 Å². The summed E-state index contributed by atoms with van der Waals surface area (Å²) in [4.78, 5) is 14.3. The van der Waals surface area contributed by atoms with Gasteiger partial charge in [-0.1, -0.05) is 31.2 Å². The zero-order chi connectivity index (χ0) is 22.0. The fraction of sp³-hybridized carbons (Fsp3) is 0.174. The Hall–Kier alpha value is -2.84. The summed E-state index contributed by atoms with van der Waals surface area (Å²) in [6.45, 7) is 2.08. The van der Waals surface area contributed by atoms with Crippen molar-refractivity contribution in [2.45, 2.75) is 23.6 Å². The lowest BCUT2D eigenvalue weighted by Crippen LogP contribution is -2.27. The summed E-state index contributed by atoms with van der Waals surface area (Å²) < 4.78 is 40.6. The molecule has 8 heteroatoms. The fourth-order valence-corrected chi connectivity index (χ4v) is 5.62. The molecule has 160 valence electrons. The van der Waals surface area contributed by atoms with Crippen molar-refractivity contribution in [2.24, 2.45) is 0 Å². The van der Waals surface area contributed by atoms with Gasteiger partial charge in [0.25, 0.3) is 10.0 Å². The van der Waals surface area contributed by atoms with Gasteiger partial charge >= 0.3 is 0 Å². The number of anilines is 2. The second kappa shape index (κ2) is 8.72. The largest absolute Gasteiger partial charge is 0.295 e. The van der Waals surface area contributed by atoms with E-state index in [0.29, 0.717) is 11.4 Å². The van der Waals surface area contributed by atoms with E-state index in [9.17, 15) is 17.6 Å². The lowest BCUT2D eigenvalue weighted by Gasteiger charge is -2.24. The first-order valence-electron chi connectivity index (χ1n) is 9.78. The van der Waals surface area contributed by atoms with E-state index in [1.807, 2.05) is 36.4 Å². The quantitative estimate of drug-likeness (QED) is 0.569. The molecular weight excluding hydrogens is 435 g/mol. The Morgan fingerprint density at radius 1 is 1.00 bits per heavy atom. The van der Waals surface area contributed by atoms with Gasteiger partial charge in [-0.05, 0) is 66.1 Å². The molecule has 0 aromatic heterocycles. The molecule has 0 aliphatic carbocycles. The minimum atomic E-state index is -3.82. The number of nitrogens with zero attached hydrogens (tertiary/aromatic N) is 1. The van der Waals surface area contributed by atoms with Crippen LogP contribution in [0.5, 0.6) is 0 Å². The van der Waals surface area contributed by atoms with E-state index in [2.05, 4.69) is 11.6 Å². The van der Waals surface area contributed by atoms with Crippen LogP contribution in [-0.2, 0) is 21.2 Å². The van der Waals surface area contributed by atoms with Crippen molar-refractivity contribution in [1.29, 1.82) is 0 Å². The number of halogens is 1. The van der Waals surface area contributed by atoms with E-state index < -0.39 is 15.8 Å². The molecule has 4 rings (SSSR count). The number of hydrogen-bond acceptors (Lipinski definition) is 4. The lowest BCUT2D eigenvalue weighted by molar-refractivity contribution is -0.115. The molecule has 1 saturated heterocycles. The molecule has 3 aromatic carbocycles. The molecule has 1 aliphatic heterocycles. The number of benzene rings is 3. The first-order chi connectivity index (χ1) is 14.9. The van der Waals surface area contributed by atoms with Crippen molar-refractivity contribution >= 4 is 39.1 Å². The van der Waals surface area contributed by atoms with Crippen LogP contribution in [0.1, 0.15) is 23.4 Å². The summed E-state index contributed by atoms with van der Waals surface area (Å²) in [5.74, 6) is -0.0692. The number of carbonyl (C=O) groups excluding carboxylic acids is 1. The highest BCUT2D eigenvalue weighted by Gasteiger charge is 2.34. The SMILES string of the molecule is CCc1ccc(N2C(=O)CSC2c2ccc(NS(=O)(=O)c3ccc(F)cc3)cc2)cc1. The first kappa shape index (κ1) is 21.4. The molecule has 1 N–H and O–H groups in total. The molecule has 0 spiro atoms. The molecule has 1 atom stereocenters. The van der Waals surface area contributed by atoms with Crippen LogP contribution in [0.3, 0.4) is 0 Å². The lowest BCUT2D eigenvalue weighted by atomic mass is 10.1. The monoisotopic (exact) mass is 456 g/mol. The van der Waals surface area contributed by atoms with Crippen LogP contribution in [0.2, 0.25) is 0 Å². The summed E-state index contributed by atoms with van der Waals surface area (Å²) in [5, 5.41) is -0.178. The Morgan fingerprint density at radius 2 is 1.65 bits per heavy atom. The van der Waals surface area contributed by atoms with Gasteiger partial charge in [-0.15, -0.1) is 11.8 Å². The van der Waals surface area contributed by atoms with Gasteiger partial charge in [-0.3, -0.25) is 14.4 Å². The van der Waals surface area contributed by atoms with Crippen LogP contribution < -0.4 is 9.62 Å². The number of aryl methyl sites for hydroxylation is 1. The summed E-state index contributed by atoms with van der Waals surface area (Å²) in [6, 6.07) is 19.6. The second-order valence-electron chi connectivity index (χ2n) is 7.13. The van der Waals surface area contributed by atoms with E-state index in [1.165, 1.54) is 29.5 Å². The van der Waals surface area contributed by atoms with E-state index in [4.69, 9.17) is 0 Å². The van der Waals surface area contributed by atoms with Crippen LogP contribution in [0.25, 0.3) is 0 Å². The Morgan fingerprint density at radius 3 is 2.26 bits per heavy atom. The predicted molar refractivity (Wildman–Crippen MR) is 122 cm³/mol. The van der Waals surface area contributed by atoms with Crippen LogP contribution >= 0.6 is 11.8 Å². The molecule has 5 nitrogen and oxygen atoms in total. The van der Waals surface area contributed by atoms with Gasteiger partial charge in [0.05, 0.1) is 10.6 Å². The Bertz CT molecular complexity index is 1180. The van der Waals surface area contributed by atoms with Crippen molar-refractivity contribution in [3.05, 3.63) is 89.7 Å². The topological polar surface area (TPSA) is 66.5 Å². The van der Waals surface area contributed by atoms with E-state index in [-0.39, 0.29) is 16.2 Å². The minimum Gasteiger partial charge on any atom is -0.295 e. The molecule has 0 bridgehead atoms. The highest BCUT2D eigenvalue weighted by atomic mass is 32.2. The number of thioether (sulfide) groups is 1. The average Bonchev–Trinajstić information content (AvgIpc) is 3.16. The highest BCUT2D eigenvalue weighted by Crippen LogP contribution is 2.42. The molecule has 1 unspecified atom stereocenters. The van der Waals surface area contributed by atoms with Gasteiger partial charge in [-0.2, -0.15) is 0 Å². The molecule has 1 aliphatic rings. The van der Waals surface area contributed by atoms with Gasteiger partial charge in [-0.25, -0.2) is 12.8 Å². The number of rotatable bonds is 6. The Labute approximate surface area is 185 Å². The molecule has 1 heterocycles. The van der Waals surface area contributed by atoms with Crippen LogP contribution in [-0.4, -0.2) is 20.1 Å². The van der Waals surface area contributed by atoms with Crippen molar-refractivity contribution in [3.8, 4) is 0 Å². The van der Waals surface area contributed by atoms with Crippen LogP contribution in [0.15, 0.2) is 77.7 Å². The molecule has 0 radical (unpaired) electrons. The maximum absolute atomic E-state index is 13.1. The van der Waals surface area contributed by atoms with Gasteiger partial charge in [0, 0.05) is 11.4 Å². The summed E-state index contributed by atoms with van der Waals surface area (Å²) in [6.07, 6.45) is 0.932. The smallest absolute Gasteiger partial charge is 0.261 e. The van der Waals surface area contributed by atoms with Crippen LogP contribution in [0, 0.1) is 5.82 Å². The third-order valence-corrected chi connectivity index (χ3v) is 7.67. The normalized spacial score (nSPS) is 16.5. The zero-order valence-electron chi connectivity index (χ0n) is 16.8. The summed E-state index contributed by atoms with van der Waals surface area (Å²) in [5.41, 5.74) is 3.34. The van der Waals surface area contributed by atoms with Gasteiger partial charge in [0.2, 0.25) is 5.91 Å². The maximum atomic E-state index is 13.1. The molecule has 1 fully saturated rings. The number of nitrogens with one attached hydrogen (secondary N) is 1. The number of carbonyl (C=O) groups is 1. The standard InChI is InChI=1S/C23H21FN2O3S2/c1-2-16-3-11-20(12-4-16)26-22(27)15-30-23(26)17-5-9-19(10-6-17)25-31(28,29)21-13-7-18(24)8-14-21/h3-14,23,25H,2,15H2,1H3. The van der Waals surface area contributed by atoms with Crippen LogP contribution in [0.4, 0.5) is 15.8 Å². The Balaban J connectivity index is 1.54. The predicted octanol–water partition coefficient (Wildman–Crippen LogP) is 4.97. The summed E-state index contributed by atoms with van der Waals surface area (Å²) >= 11 is 1.54. The average molecular weight is 457 g/mol. The Kier molecular flexibility index (Phi) is 6.02. The first-order valence-corrected chi connectivity index (χ1v) is 12.3. The molecule has 3 aromatic rings. The van der Waals surface area contributed by atoms with E-state index in [1.54, 1.807) is 17.0 Å². The third-order valence-electron chi connectivity index (χ3n) is 5.06. The fourth-order valence-electron chi connectivity index (χ4n) is 3.39. The van der Waals surface area contributed by atoms with Gasteiger partial charge < -0.3 is 0 Å². The summed E-state index contributed by atoms with van der Waals surface area (Å²) in [7, 11) is -3.82. The van der Waals surface area contributed by atoms with Crippen molar-refractivity contribution in [3.63, 3.8) is 0 Å². The third kappa shape index (κ3) is 4.60. The molecular formula is C23H21FN2O3S2. The van der Waals surface area contributed by atoms with Gasteiger partial charge in [0.1, 0.15) is 11.2 Å². The van der Waals surface area contributed by atoms with E-state index >= 15 is 0 Å². The maximum Gasteiger partial charge on any atom is 0.261 e. The highest BCUT2D eigenvalue weighted by molar-refractivity contribution is 8.00. The van der Waals surface area contributed by atoms with Crippen molar-refractivity contribution in [1.82, 2.24) is 0 Å².